The molecule has 1 saturated heterocycles. The predicted octanol–water partition coefficient (Wildman–Crippen LogP) is 1.83. The van der Waals surface area contributed by atoms with Crippen molar-refractivity contribution < 1.29 is 14.7 Å². The maximum Gasteiger partial charge on any atom is 0.329 e. The van der Waals surface area contributed by atoms with Gasteiger partial charge in [-0.05, 0) is 37.5 Å². The van der Waals surface area contributed by atoms with E-state index in [-0.39, 0.29) is 11.4 Å². The monoisotopic (exact) mass is 254 g/mol. The zero-order valence-electron chi connectivity index (χ0n) is 11.2. The number of urea groups is 1. The van der Waals surface area contributed by atoms with E-state index in [1.54, 1.807) is 4.90 Å². The van der Waals surface area contributed by atoms with Crippen LogP contribution in [0.25, 0.3) is 0 Å². The van der Waals surface area contributed by atoms with Gasteiger partial charge < -0.3 is 15.3 Å². The van der Waals surface area contributed by atoms with E-state index in [9.17, 15) is 14.7 Å². The Morgan fingerprint density at radius 1 is 1.11 bits per heavy atom. The molecule has 2 rings (SSSR count). The number of aliphatic carboxylic acids is 1. The summed E-state index contributed by atoms with van der Waals surface area (Å²) in [6.07, 6.45) is 3.92. The zero-order valence-corrected chi connectivity index (χ0v) is 11.2. The summed E-state index contributed by atoms with van der Waals surface area (Å²) in [5.74, 6) is -0.903. The molecule has 102 valence electrons. The van der Waals surface area contributed by atoms with E-state index < -0.39 is 11.5 Å². The van der Waals surface area contributed by atoms with Crippen molar-refractivity contribution in [2.24, 2.45) is 5.41 Å². The predicted molar refractivity (Wildman–Crippen MR) is 67.3 cm³/mol. The number of carboxylic acids is 1. The van der Waals surface area contributed by atoms with Gasteiger partial charge in [0.25, 0.3) is 0 Å². The summed E-state index contributed by atoms with van der Waals surface area (Å²) in [7, 11) is 0. The molecule has 5 nitrogen and oxygen atoms in total. The molecule has 1 heterocycles. The van der Waals surface area contributed by atoms with Crippen LogP contribution in [0, 0.1) is 5.41 Å². The Kier molecular flexibility index (Phi) is 3.25. The molecule has 18 heavy (non-hydrogen) atoms. The lowest BCUT2D eigenvalue weighted by molar-refractivity contribution is -0.148. The van der Waals surface area contributed by atoms with E-state index in [0.29, 0.717) is 25.9 Å². The van der Waals surface area contributed by atoms with Crippen molar-refractivity contribution in [3.63, 3.8) is 0 Å². The van der Waals surface area contributed by atoms with E-state index >= 15 is 0 Å². The number of hydrogen-bond donors (Lipinski definition) is 2. The van der Waals surface area contributed by atoms with Crippen LogP contribution in [0.3, 0.4) is 0 Å². The first-order valence-corrected chi connectivity index (χ1v) is 6.65. The maximum atomic E-state index is 12.1. The Bertz CT molecular complexity index is 351. The van der Waals surface area contributed by atoms with Crippen molar-refractivity contribution >= 4 is 12.0 Å². The number of nitrogens with zero attached hydrogens (tertiary/aromatic N) is 1. The van der Waals surface area contributed by atoms with Crippen molar-refractivity contribution in [3.05, 3.63) is 0 Å². The average molecular weight is 254 g/mol. The van der Waals surface area contributed by atoms with E-state index in [2.05, 4.69) is 19.2 Å². The highest BCUT2D eigenvalue weighted by Gasteiger charge is 2.46. The summed E-state index contributed by atoms with van der Waals surface area (Å²) < 4.78 is 0. The smallest absolute Gasteiger partial charge is 0.329 e. The lowest BCUT2D eigenvalue weighted by atomic mass is 9.77. The topological polar surface area (TPSA) is 69.6 Å². The largest absolute Gasteiger partial charge is 0.480 e. The van der Waals surface area contributed by atoms with Crippen LogP contribution < -0.4 is 5.32 Å². The fourth-order valence-corrected chi connectivity index (χ4v) is 2.52. The standard InChI is InChI=1S/C13H22N2O3/c1-12(2)6-8-15(9-7-12)11(18)14-13(10(16)17)4-3-5-13/h3-9H2,1-2H3,(H,14,18)(H,16,17). The van der Waals surface area contributed by atoms with Crippen molar-refractivity contribution in [2.45, 2.75) is 51.5 Å². The van der Waals surface area contributed by atoms with Crippen LogP contribution in [0.2, 0.25) is 0 Å². The van der Waals surface area contributed by atoms with Gasteiger partial charge in [0.15, 0.2) is 0 Å². The third-order valence-electron chi connectivity index (χ3n) is 4.37. The number of amides is 2. The minimum absolute atomic E-state index is 0.215. The maximum absolute atomic E-state index is 12.1. The van der Waals surface area contributed by atoms with Gasteiger partial charge in [0, 0.05) is 13.1 Å². The highest BCUT2D eigenvalue weighted by molar-refractivity contribution is 5.87. The SMILES string of the molecule is CC1(C)CCN(C(=O)NC2(C(=O)O)CCC2)CC1. The number of hydrogen-bond acceptors (Lipinski definition) is 2. The summed E-state index contributed by atoms with van der Waals surface area (Å²) in [5.41, 5.74) is -0.707. The van der Waals surface area contributed by atoms with Crippen molar-refractivity contribution in [1.29, 1.82) is 0 Å². The Morgan fingerprint density at radius 3 is 2.06 bits per heavy atom. The number of piperidine rings is 1. The van der Waals surface area contributed by atoms with Gasteiger partial charge in [0.1, 0.15) is 5.54 Å². The van der Waals surface area contributed by atoms with Crippen molar-refractivity contribution in [1.82, 2.24) is 10.2 Å². The molecule has 0 aromatic carbocycles. The Morgan fingerprint density at radius 2 is 1.67 bits per heavy atom. The molecule has 0 radical (unpaired) electrons. The fraction of sp³-hybridized carbons (Fsp3) is 0.846. The van der Waals surface area contributed by atoms with E-state index in [1.165, 1.54) is 0 Å². The molecular weight excluding hydrogens is 232 g/mol. The lowest BCUT2D eigenvalue weighted by Crippen LogP contribution is -2.62. The molecule has 2 aliphatic rings. The van der Waals surface area contributed by atoms with Gasteiger partial charge in [-0.25, -0.2) is 9.59 Å². The molecular formula is C13H22N2O3. The molecule has 0 spiro atoms. The molecule has 1 aliphatic heterocycles. The third-order valence-corrected chi connectivity index (χ3v) is 4.37. The normalized spacial score (nSPS) is 25.1. The Labute approximate surface area is 108 Å². The van der Waals surface area contributed by atoms with Crippen LogP contribution in [0.15, 0.2) is 0 Å². The molecule has 0 aromatic heterocycles. The molecule has 1 aliphatic carbocycles. The zero-order chi connectivity index (χ0) is 13.4. The summed E-state index contributed by atoms with van der Waals surface area (Å²) >= 11 is 0. The number of rotatable bonds is 2. The van der Waals surface area contributed by atoms with Crippen LogP contribution >= 0.6 is 0 Å². The fourth-order valence-electron chi connectivity index (χ4n) is 2.52. The van der Waals surface area contributed by atoms with Gasteiger partial charge >= 0.3 is 12.0 Å². The lowest BCUT2D eigenvalue weighted by Gasteiger charge is -2.42. The average Bonchev–Trinajstić information content (AvgIpc) is 2.22. The summed E-state index contributed by atoms with van der Waals surface area (Å²) in [6, 6.07) is -0.215. The van der Waals surface area contributed by atoms with Gasteiger partial charge in [-0.15, -0.1) is 0 Å². The highest BCUT2D eigenvalue weighted by Crippen LogP contribution is 2.33. The quantitative estimate of drug-likeness (QED) is 0.789. The van der Waals surface area contributed by atoms with Gasteiger partial charge in [0.2, 0.25) is 0 Å². The second kappa shape index (κ2) is 4.44. The molecule has 0 bridgehead atoms. The van der Waals surface area contributed by atoms with Crippen LogP contribution in [0.4, 0.5) is 4.79 Å². The van der Waals surface area contributed by atoms with Crippen LogP contribution in [0.1, 0.15) is 46.0 Å². The van der Waals surface area contributed by atoms with Crippen molar-refractivity contribution in [2.75, 3.05) is 13.1 Å². The first-order chi connectivity index (χ1) is 8.35. The second-order valence-corrected chi connectivity index (χ2v) is 6.32. The summed E-state index contributed by atoms with van der Waals surface area (Å²) in [4.78, 5) is 25.0. The molecule has 2 amide bonds. The van der Waals surface area contributed by atoms with Crippen LogP contribution in [-0.4, -0.2) is 40.6 Å². The first kappa shape index (κ1) is 13.2. The number of nitrogens with one attached hydrogen (secondary N) is 1. The molecule has 2 fully saturated rings. The summed E-state index contributed by atoms with van der Waals surface area (Å²) in [5, 5.41) is 11.9. The van der Waals surface area contributed by atoms with Crippen LogP contribution in [-0.2, 0) is 4.79 Å². The number of carbonyl (C=O) groups excluding carboxylic acids is 1. The van der Waals surface area contributed by atoms with Crippen LogP contribution in [0.5, 0.6) is 0 Å². The molecule has 1 saturated carbocycles. The number of carbonyl (C=O) groups is 2. The van der Waals surface area contributed by atoms with Crippen molar-refractivity contribution in [3.8, 4) is 0 Å². The highest BCUT2D eigenvalue weighted by atomic mass is 16.4. The minimum Gasteiger partial charge on any atom is -0.480 e. The third kappa shape index (κ3) is 2.44. The van der Waals surface area contributed by atoms with Gasteiger partial charge in [0.05, 0.1) is 0 Å². The van der Waals surface area contributed by atoms with Gasteiger partial charge in [-0.1, -0.05) is 13.8 Å². The number of likely N-dealkylation sites (tertiary alicyclic amines) is 1. The Balaban J connectivity index is 1.91. The Hall–Kier alpha value is -1.26. The van der Waals surface area contributed by atoms with Gasteiger partial charge in [-0.2, -0.15) is 0 Å². The molecule has 0 unspecified atom stereocenters. The summed E-state index contributed by atoms with van der Waals surface area (Å²) in [6.45, 7) is 5.84. The van der Waals surface area contributed by atoms with E-state index in [4.69, 9.17) is 0 Å². The van der Waals surface area contributed by atoms with Gasteiger partial charge in [-0.3, -0.25) is 0 Å². The first-order valence-electron chi connectivity index (χ1n) is 6.65. The van der Waals surface area contributed by atoms with E-state index in [1.807, 2.05) is 0 Å². The number of carboxylic acid groups (broad SMARTS) is 1. The van der Waals surface area contributed by atoms with E-state index in [0.717, 1.165) is 19.3 Å². The minimum atomic E-state index is -0.996. The molecule has 2 N–H and O–H groups in total. The molecule has 0 atom stereocenters. The second-order valence-electron chi connectivity index (χ2n) is 6.32. The molecule has 5 heteroatoms. The molecule has 0 aromatic rings.